The summed E-state index contributed by atoms with van der Waals surface area (Å²) >= 11 is 0. The van der Waals surface area contributed by atoms with Crippen molar-refractivity contribution in [3.05, 3.63) is 34.9 Å². The van der Waals surface area contributed by atoms with Crippen LogP contribution in [-0.4, -0.2) is 11.5 Å². The summed E-state index contributed by atoms with van der Waals surface area (Å²) < 4.78 is 0. The van der Waals surface area contributed by atoms with Crippen molar-refractivity contribution in [3.63, 3.8) is 0 Å². The van der Waals surface area contributed by atoms with Gasteiger partial charge in [0.2, 0.25) is 0 Å². The van der Waals surface area contributed by atoms with Crippen LogP contribution in [0.2, 0.25) is 0 Å². The predicted molar refractivity (Wildman–Crippen MR) is 39.9 cm³/mol. The number of aromatic nitrogens is 1. The molecule has 3 heteroatoms. The Labute approximate surface area is 78.3 Å². The molecule has 2 rings (SSSR count). The third-order valence-electron chi connectivity index (χ3n) is 1.77. The molecular formula is C8H9N2V-. The zero-order valence-corrected chi connectivity index (χ0v) is 7.59. The standard InChI is InChI=1S/C8H9N2.V/c1-2-7-6-9-5-3-8(7)10-4-1;/h1-2,4H,3,5-6H2;/q-1;. The molecule has 0 bridgehead atoms. The van der Waals surface area contributed by atoms with E-state index in [1.54, 1.807) is 0 Å². The van der Waals surface area contributed by atoms with Crippen LogP contribution < -0.4 is 0 Å². The van der Waals surface area contributed by atoms with Gasteiger partial charge in [0.25, 0.3) is 0 Å². The van der Waals surface area contributed by atoms with Gasteiger partial charge in [-0.3, -0.25) is 4.98 Å². The number of fused-ring (bicyclic) bond motifs is 1. The first-order valence-electron chi connectivity index (χ1n) is 3.53. The first-order valence-corrected chi connectivity index (χ1v) is 3.53. The minimum atomic E-state index is 0. The van der Waals surface area contributed by atoms with Crippen LogP contribution in [0.1, 0.15) is 11.3 Å². The number of rotatable bonds is 0. The van der Waals surface area contributed by atoms with Crippen molar-refractivity contribution in [2.75, 3.05) is 6.54 Å². The molecule has 1 aromatic rings. The maximum Gasteiger partial charge on any atom is 0.0400 e. The van der Waals surface area contributed by atoms with Gasteiger partial charge in [0, 0.05) is 30.4 Å². The fourth-order valence-electron chi connectivity index (χ4n) is 1.22. The summed E-state index contributed by atoms with van der Waals surface area (Å²) in [5.74, 6) is 0. The summed E-state index contributed by atoms with van der Waals surface area (Å²) in [6.07, 6.45) is 2.88. The summed E-state index contributed by atoms with van der Waals surface area (Å²) in [5.41, 5.74) is 2.53. The Hall–Kier alpha value is -0.306. The van der Waals surface area contributed by atoms with E-state index in [4.69, 9.17) is 0 Å². The van der Waals surface area contributed by atoms with Crippen molar-refractivity contribution >= 4 is 0 Å². The molecule has 0 amide bonds. The molecule has 0 saturated carbocycles. The topological polar surface area (TPSA) is 27.0 Å². The zero-order valence-electron chi connectivity index (χ0n) is 6.20. The van der Waals surface area contributed by atoms with E-state index in [-0.39, 0.29) is 18.6 Å². The third-order valence-corrected chi connectivity index (χ3v) is 1.77. The Kier molecular flexibility index (Phi) is 3.12. The second-order valence-corrected chi connectivity index (χ2v) is 2.46. The molecule has 1 aliphatic rings. The normalized spacial score (nSPS) is 14.9. The van der Waals surface area contributed by atoms with E-state index < -0.39 is 0 Å². The maximum atomic E-state index is 4.28. The van der Waals surface area contributed by atoms with Crippen molar-refractivity contribution in [1.29, 1.82) is 0 Å². The Bertz CT molecular complexity index is 212. The number of hydrogen-bond donors (Lipinski definition) is 0. The van der Waals surface area contributed by atoms with E-state index >= 15 is 0 Å². The summed E-state index contributed by atoms with van der Waals surface area (Å²) in [4.78, 5) is 4.26. The van der Waals surface area contributed by atoms with Crippen LogP contribution in [0.5, 0.6) is 0 Å². The van der Waals surface area contributed by atoms with Crippen molar-refractivity contribution in [3.8, 4) is 0 Å². The van der Waals surface area contributed by atoms with E-state index in [1.165, 1.54) is 11.3 Å². The first kappa shape index (κ1) is 8.79. The molecule has 1 radical (unpaired) electrons. The van der Waals surface area contributed by atoms with Crippen LogP contribution in [0.25, 0.3) is 5.32 Å². The Balaban J connectivity index is 0.000000605. The van der Waals surface area contributed by atoms with Crippen LogP contribution in [0, 0.1) is 0 Å². The maximum absolute atomic E-state index is 4.28. The van der Waals surface area contributed by atoms with Gasteiger partial charge in [-0.25, -0.2) is 0 Å². The van der Waals surface area contributed by atoms with Crippen molar-refractivity contribution in [2.45, 2.75) is 13.0 Å². The van der Waals surface area contributed by atoms with E-state index in [0.717, 1.165) is 19.5 Å². The Morgan fingerprint density at radius 2 is 2.36 bits per heavy atom. The van der Waals surface area contributed by atoms with Crippen LogP contribution in [0.3, 0.4) is 0 Å². The second kappa shape index (κ2) is 3.91. The van der Waals surface area contributed by atoms with Gasteiger partial charge >= 0.3 is 0 Å². The molecule has 0 fully saturated rings. The molecule has 1 aromatic heterocycles. The van der Waals surface area contributed by atoms with Gasteiger partial charge in [0.1, 0.15) is 0 Å². The van der Waals surface area contributed by atoms with Crippen molar-refractivity contribution < 1.29 is 18.6 Å². The van der Waals surface area contributed by atoms with Crippen molar-refractivity contribution in [1.82, 2.24) is 4.98 Å². The van der Waals surface area contributed by atoms with E-state index in [2.05, 4.69) is 16.4 Å². The summed E-state index contributed by atoms with van der Waals surface area (Å²) in [5, 5.41) is 4.28. The van der Waals surface area contributed by atoms with E-state index in [0.29, 0.717) is 0 Å². The Morgan fingerprint density at radius 1 is 1.45 bits per heavy atom. The largest absolute Gasteiger partial charge is 0.658 e. The Morgan fingerprint density at radius 3 is 3.18 bits per heavy atom. The first-order chi connectivity index (χ1) is 4.97. The predicted octanol–water partition coefficient (Wildman–Crippen LogP) is 1.51. The average molecular weight is 184 g/mol. The molecule has 2 nitrogen and oxygen atoms in total. The van der Waals surface area contributed by atoms with Gasteiger partial charge in [0.05, 0.1) is 0 Å². The average Bonchev–Trinajstić information content (AvgIpc) is 2.05. The van der Waals surface area contributed by atoms with Gasteiger partial charge < -0.3 is 5.32 Å². The van der Waals surface area contributed by atoms with Crippen LogP contribution in [0.4, 0.5) is 0 Å². The van der Waals surface area contributed by atoms with Crippen LogP contribution in [0.15, 0.2) is 18.3 Å². The van der Waals surface area contributed by atoms with Gasteiger partial charge in [-0.15, -0.1) is 13.1 Å². The van der Waals surface area contributed by atoms with Gasteiger partial charge in [-0.2, -0.15) is 0 Å². The molecule has 2 heterocycles. The van der Waals surface area contributed by atoms with E-state index in [9.17, 15) is 0 Å². The summed E-state index contributed by atoms with van der Waals surface area (Å²) in [7, 11) is 0. The molecule has 0 aromatic carbocycles. The molecule has 0 N–H and O–H groups in total. The molecular weight excluding hydrogens is 175 g/mol. The van der Waals surface area contributed by atoms with E-state index in [1.807, 2.05) is 12.3 Å². The molecule has 0 saturated heterocycles. The molecule has 0 atom stereocenters. The summed E-state index contributed by atoms with van der Waals surface area (Å²) in [6, 6.07) is 4.07. The molecule has 0 aliphatic carbocycles. The van der Waals surface area contributed by atoms with Gasteiger partial charge in [0.15, 0.2) is 0 Å². The monoisotopic (exact) mass is 184 g/mol. The fraction of sp³-hybridized carbons (Fsp3) is 0.375. The molecule has 0 unspecified atom stereocenters. The minimum absolute atomic E-state index is 0. The minimum Gasteiger partial charge on any atom is -0.658 e. The smallest absolute Gasteiger partial charge is 0.0400 e. The van der Waals surface area contributed by atoms with Crippen LogP contribution >= 0.6 is 0 Å². The molecule has 57 valence electrons. The SMILES string of the molecule is [V].c1cnc2c(c1)C[N-]CC2. The van der Waals surface area contributed by atoms with Gasteiger partial charge in [-0.1, -0.05) is 6.07 Å². The van der Waals surface area contributed by atoms with Crippen molar-refractivity contribution in [2.24, 2.45) is 0 Å². The third kappa shape index (κ3) is 1.83. The number of hydrogen-bond acceptors (Lipinski definition) is 1. The molecule has 11 heavy (non-hydrogen) atoms. The number of pyridine rings is 1. The van der Waals surface area contributed by atoms with Gasteiger partial charge in [-0.05, 0) is 18.1 Å². The molecule has 1 aliphatic heterocycles. The quantitative estimate of drug-likeness (QED) is 0.600. The molecule has 0 spiro atoms. The number of nitrogens with zero attached hydrogens (tertiary/aromatic N) is 2. The zero-order chi connectivity index (χ0) is 6.81. The summed E-state index contributed by atoms with van der Waals surface area (Å²) in [6.45, 7) is 1.81. The van der Waals surface area contributed by atoms with Crippen LogP contribution in [-0.2, 0) is 31.5 Å². The fourth-order valence-corrected chi connectivity index (χ4v) is 1.22. The second-order valence-electron chi connectivity index (χ2n) is 2.46.